The van der Waals surface area contributed by atoms with Crippen molar-refractivity contribution in [2.75, 3.05) is 109 Å². The molecule has 3 fully saturated rings. The highest BCUT2D eigenvalue weighted by atomic mass is 32.1. The Bertz CT molecular complexity index is 2490. The van der Waals surface area contributed by atoms with Crippen LogP contribution in [0.15, 0.2) is 97.3 Å². The molecule has 0 spiro atoms. The van der Waals surface area contributed by atoms with E-state index in [-0.39, 0.29) is 11.8 Å². The molecule has 0 radical (unpaired) electrons. The number of carbonyl (C=O) groups is 3. The average molecular weight is 904 g/mol. The Labute approximate surface area is 379 Å². The minimum Gasteiger partial charge on any atom is -0.496 e. The van der Waals surface area contributed by atoms with E-state index in [9.17, 15) is 14.4 Å². The van der Waals surface area contributed by atoms with E-state index < -0.39 is 6.03 Å². The molecule has 0 aliphatic carbocycles. The number of hydrogen-bond donors (Lipinski definition) is 4. The fourth-order valence-electron chi connectivity index (χ4n) is 7.57. The summed E-state index contributed by atoms with van der Waals surface area (Å²) < 4.78 is 24.6. The second-order valence-corrected chi connectivity index (χ2v) is 16.4. The quantitative estimate of drug-likeness (QED) is 0.0919. The summed E-state index contributed by atoms with van der Waals surface area (Å²) in [4.78, 5) is 54.2. The van der Waals surface area contributed by atoms with Crippen LogP contribution in [0.3, 0.4) is 0 Å². The number of amides is 4. The van der Waals surface area contributed by atoms with Crippen molar-refractivity contribution >= 4 is 79.6 Å². The number of aromatic nitrogens is 4. The van der Waals surface area contributed by atoms with Crippen molar-refractivity contribution in [1.82, 2.24) is 18.7 Å². The molecule has 2 aromatic heterocycles. The number of nitrogens with zero attached hydrogens (tertiary/aromatic N) is 7. The highest BCUT2D eigenvalue weighted by molar-refractivity contribution is 7.10. The van der Waals surface area contributed by atoms with Crippen molar-refractivity contribution in [1.29, 1.82) is 0 Å². The van der Waals surface area contributed by atoms with Crippen LogP contribution < -0.4 is 40.7 Å². The van der Waals surface area contributed by atoms with Crippen molar-refractivity contribution < 1.29 is 28.6 Å². The fourth-order valence-corrected chi connectivity index (χ4v) is 8.58. The van der Waals surface area contributed by atoms with Crippen LogP contribution in [-0.2, 0) is 9.47 Å². The van der Waals surface area contributed by atoms with Gasteiger partial charge in [-0.1, -0.05) is 42.5 Å². The zero-order valence-electron chi connectivity index (χ0n) is 35.3. The van der Waals surface area contributed by atoms with Gasteiger partial charge in [-0.25, -0.2) is 14.6 Å². The Morgan fingerprint density at radius 3 is 1.92 bits per heavy atom. The van der Waals surface area contributed by atoms with Gasteiger partial charge in [-0.15, -0.1) is 0 Å². The molecule has 9 rings (SSSR count). The molecule has 64 heavy (non-hydrogen) atoms. The zero-order valence-corrected chi connectivity index (χ0v) is 37.0. The third kappa shape index (κ3) is 11.3. The molecule has 3 saturated heterocycles. The van der Waals surface area contributed by atoms with Crippen molar-refractivity contribution in [2.45, 2.75) is 19.3 Å². The molecule has 3 aliphatic heterocycles. The predicted octanol–water partition coefficient (Wildman–Crippen LogP) is 7.93. The first-order valence-electron chi connectivity index (χ1n) is 21.1. The summed E-state index contributed by atoms with van der Waals surface area (Å²) in [6, 6.07) is 27.4. The minimum absolute atomic E-state index is 0.259. The Balaban J connectivity index is 0.000000184. The van der Waals surface area contributed by atoms with Crippen molar-refractivity contribution in [3.05, 3.63) is 108 Å². The van der Waals surface area contributed by atoms with Gasteiger partial charge in [0.1, 0.15) is 12.1 Å². The fraction of sp³-hybridized carbons (Fsp3) is 0.311. The van der Waals surface area contributed by atoms with E-state index in [1.807, 2.05) is 42.5 Å². The molecule has 0 bridgehead atoms. The normalized spacial score (nSPS) is 15.0. The molecular formula is C45H49N11O6S2. The molecule has 19 heteroatoms. The number of morpholine rings is 2. The summed E-state index contributed by atoms with van der Waals surface area (Å²) in [6.45, 7) is 7.99. The smallest absolute Gasteiger partial charge is 0.325 e. The number of ether oxygens (including phenoxy) is 3. The zero-order chi connectivity index (χ0) is 44.1. The van der Waals surface area contributed by atoms with E-state index in [1.165, 1.54) is 38.4 Å². The molecule has 4 amide bonds. The maximum absolute atomic E-state index is 13.7. The van der Waals surface area contributed by atoms with Crippen LogP contribution in [0, 0.1) is 0 Å². The van der Waals surface area contributed by atoms with Crippen LogP contribution in [0.5, 0.6) is 5.75 Å². The van der Waals surface area contributed by atoms with E-state index >= 15 is 0 Å². The lowest BCUT2D eigenvalue weighted by molar-refractivity contribution is 0.103. The van der Waals surface area contributed by atoms with Crippen LogP contribution in [0.25, 0.3) is 11.4 Å². The second kappa shape index (κ2) is 21.6. The second-order valence-electron chi connectivity index (χ2n) is 14.9. The van der Waals surface area contributed by atoms with Gasteiger partial charge in [0.05, 0.1) is 56.2 Å². The third-order valence-electron chi connectivity index (χ3n) is 10.8. The summed E-state index contributed by atoms with van der Waals surface area (Å²) in [5, 5.41) is 12.1. The molecule has 0 atom stereocenters. The van der Waals surface area contributed by atoms with Gasteiger partial charge in [-0.05, 0) is 67.8 Å². The molecule has 0 saturated carbocycles. The number of methoxy groups -OCH3 is 1. The van der Waals surface area contributed by atoms with Crippen LogP contribution >= 0.6 is 23.1 Å². The number of benzene rings is 4. The van der Waals surface area contributed by atoms with Gasteiger partial charge >= 0.3 is 12.1 Å². The van der Waals surface area contributed by atoms with Gasteiger partial charge in [0.2, 0.25) is 10.3 Å². The molecule has 6 aromatic rings. The summed E-state index contributed by atoms with van der Waals surface area (Å²) in [7, 11) is 1.52. The standard InChI is InChI=1S/C27H25N5O4S.C18H24N6O2S/c1-35-23-10-6-5-9-20(23)24(33)21-17-19(32-13-15-36-16-14-32)11-12-22(21)28-26(34)30-27-29-25(31-37-27)18-7-3-2-4-8-18;25-17(22-18-19-13-20-27-18)21-15-5-4-14(23-8-10-26-11-9-23)12-16(15)24-6-2-1-3-7-24/h2-12,17H,13-16H2,1H3,(H2,28,29,30,31,34);4-5,12-13H,1-3,6-11H2,(H2,19,20,21,22,25). The number of anilines is 7. The number of carbonyl (C=O) groups excluding carboxylic acids is 3. The minimum atomic E-state index is -0.524. The molecule has 4 aromatic carbocycles. The average Bonchev–Trinajstić information content (AvgIpc) is 4.05. The summed E-state index contributed by atoms with van der Waals surface area (Å²) >= 11 is 2.24. The molecule has 0 unspecified atom stereocenters. The van der Waals surface area contributed by atoms with Crippen LogP contribution in [-0.4, -0.2) is 109 Å². The van der Waals surface area contributed by atoms with Crippen LogP contribution in [0.1, 0.15) is 35.2 Å². The Morgan fingerprint density at radius 2 is 1.25 bits per heavy atom. The van der Waals surface area contributed by atoms with Crippen molar-refractivity contribution in [3.63, 3.8) is 0 Å². The lowest BCUT2D eigenvalue weighted by Crippen LogP contribution is -2.36. The largest absolute Gasteiger partial charge is 0.496 e. The maximum Gasteiger partial charge on any atom is 0.325 e. The van der Waals surface area contributed by atoms with Gasteiger partial charge in [-0.2, -0.15) is 13.7 Å². The highest BCUT2D eigenvalue weighted by Gasteiger charge is 2.23. The van der Waals surface area contributed by atoms with Gasteiger partial charge in [-0.3, -0.25) is 15.4 Å². The number of rotatable bonds is 11. The van der Waals surface area contributed by atoms with Gasteiger partial charge in [0.25, 0.3) is 0 Å². The first kappa shape index (κ1) is 44.0. The number of para-hydroxylation sites is 1. The molecule has 4 N–H and O–H groups in total. The molecule has 5 heterocycles. The monoisotopic (exact) mass is 903 g/mol. The van der Waals surface area contributed by atoms with Gasteiger partial charge < -0.3 is 39.5 Å². The Morgan fingerprint density at radius 1 is 0.625 bits per heavy atom. The molecule has 332 valence electrons. The van der Waals surface area contributed by atoms with Gasteiger partial charge in [0.15, 0.2) is 11.6 Å². The van der Waals surface area contributed by atoms with Crippen LogP contribution in [0.2, 0.25) is 0 Å². The molecule has 3 aliphatic rings. The van der Waals surface area contributed by atoms with E-state index in [1.54, 1.807) is 36.4 Å². The van der Waals surface area contributed by atoms with Crippen molar-refractivity contribution in [2.24, 2.45) is 0 Å². The van der Waals surface area contributed by atoms with Crippen molar-refractivity contribution in [3.8, 4) is 17.1 Å². The molecule has 17 nitrogen and oxygen atoms in total. The third-order valence-corrected chi connectivity index (χ3v) is 12.0. The first-order valence-corrected chi connectivity index (χ1v) is 22.6. The van der Waals surface area contributed by atoms with E-state index in [2.05, 4.69) is 66.8 Å². The summed E-state index contributed by atoms with van der Waals surface area (Å²) in [6.07, 6.45) is 5.05. The number of nitrogens with one attached hydrogen (secondary N) is 4. The summed E-state index contributed by atoms with van der Waals surface area (Å²) in [5.74, 6) is 0.731. The topological polar surface area (TPSA) is 188 Å². The lowest BCUT2D eigenvalue weighted by atomic mass is 9.99. The highest BCUT2D eigenvalue weighted by Crippen LogP contribution is 2.34. The summed E-state index contributed by atoms with van der Waals surface area (Å²) in [5.41, 5.74) is 5.93. The van der Waals surface area contributed by atoms with E-state index in [4.69, 9.17) is 14.2 Å². The van der Waals surface area contributed by atoms with Crippen LogP contribution in [0.4, 0.5) is 48.3 Å². The van der Waals surface area contributed by atoms with E-state index in [0.717, 1.165) is 98.2 Å². The van der Waals surface area contributed by atoms with Gasteiger partial charge in [0, 0.05) is 84.8 Å². The predicted molar refractivity (Wildman–Crippen MR) is 252 cm³/mol. The SMILES string of the molecule is COc1ccccc1C(=O)c1cc(N2CCOCC2)ccc1NC(=O)Nc1nc(-c2ccccc2)ns1.O=C(Nc1ncns1)Nc1ccc(N2CCOCC2)cc1N1CCCCC1. The molecular weight excluding hydrogens is 855 g/mol. The number of ketones is 1. The number of hydrogen-bond acceptors (Lipinski definition) is 15. The number of urea groups is 2. The first-order chi connectivity index (χ1) is 31.4. The Hall–Kier alpha value is -6.67. The lowest BCUT2D eigenvalue weighted by Gasteiger charge is -2.33. The number of piperidine rings is 1. The maximum atomic E-state index is 13.7. The Kier molecular flexibility index (Phi) is 14.8. The van der Waals surface area contributed by atoms with E-state index in [0.29, 0.717) is 51.9 Å².